The molecule has 0 bridgehead atoms. The van der Waals surface area contributed by atoms with E-state index in [-0.39, 0.29) is 23.8 Å². The molecule has 0 aliphatic heterocycles. The van der Waals surface area contributed by atoms with Gasteiger partial charge in [0, 0.05) is 12.1 Å². The molecule has 0 atom stereocenters. The monoisotopic (exact) mass is 332 g/mol. The summed E-state index contributed by atoms with van der Waals surface area (Å²) in [6, 6.07) is 4.02. The van der Waals surface area contributed by atoms with Crippen LogP contribution in [0.2, 0.25) is 0 Å². The van der Waals surface area contributed by atoms with E-state index in [1.165, 1.54) is 22.6 Å². The number of nitrogens with one attached hydrogen (secondary N) is 1. The molecule has 3 rings (SSSR count). The van der Waals surface area contributed by atoms with Gasteiger partial charge in [-0.15, -0.1) is 0 Å². The number of nitro benzene ring substituents is 1. The van der Waals surface area contributed by atoms with Crippen LogP contribution in [0.25, 0.3) is 16.7 Å². The molecule has 2 aromatic heterocycles. The Morgan fingerprint density at radius 1 is 1.46 bits per heavy atom. The summed E-state index contributed by atoms with van der Waals surface area (Å²) in [4.78, 5) is 40.6. The van der Waals surface area contributed by atoms with Gasteiger partial charge in [-0.25, -0.2) is 4.79 Å². The van der Waals surface area contributed by atoms with Crippen LogP contribution in [0.4, 0.5) is 10.5 Å². The number of imidazole rings is 1. The number of non-ortho nitro benzene ring substituents is 1. The second-order valence-electron chi connectivity index (χ2n) is 4.86. The molecule has 0 saturated heterocycles. The summed E-state index contributed by atoms with van der Waals surface area (Å²) >= 11 is 0. The highest BCUT2D eigenvalue weighted by Crippen LogP contribution is 2.24. The summed E-state index contributed by atoms with van der Waals surface area (Å²) in [5.41, 5.74) is 0.396. The zero-order valence-electron chi connectivity index (χ0n) is 12.7. The fourth-order valence-electron chi connectivity index (χ4n) is 2.35. The summed E-state index contributed by atoms with van der Waals surface area (Å²) in [6.45, 7) is 3.32. The molecule has 24 heavy (non-hydrogen) atoms. The van der Waals surface area contributed by atoms with Crippen molar-refractivity contribution in [3.05, 3.63) is 44.4 Å². The molecule has 1 N–H and O–H groups in total. The van der Waals surface area contributed by atoms with Gasteiger partial charge in [0.1, 0.15) is 0 Å². The largest absolute Gasteiger partial charge is 0.515 e. The SMILES string of the molecule is CCOC(=O)Oc1nc2c(=O)[nH]c3ccc([N+](=O)[O-])cc3n2c1C. The van der Waals surface area contributed by atoms with Gasteiger partial charge in [-0.3, -0.25) is 19.3 Å². The molecule has 0 spiro atoms. The molecule has 10 heteroatoms. The van der Waals surface area contributed by atoms with Crippen molar-refractivity contribution in [1.29, 1.82) is 0 Å². The maximum atomic E-state index is 12.1. The highest BCUT2D eigenvalue weighted by atomic mass is 16.7. The van der Waals surface area contributed by atoms with Gasteiger partial charge in [-0.2, -0.15) is 4.98 Å². The van der Waals surface area contributed by atoms with Crippen LogP contribution in [0.15, 0.2) is 23.0 Å². The van der Waals surface area contributed by atoms with Crippen LogP contribution in [0.5, 0.6) is 5.88 Å². The highest BCUT2D eigenvalue weighted by Gasteiger charge is 2.19. The summed E-state index contributed by atoms with van der Waals surface area (Å²) in [7, 11) is 0. The Hall–Kier alpha value is -3.43. The van der Waals surface area contributed by atoms with E-state index < -0.39 is 16.6 Å². The predicted octanol–water partition coefficient (Wildman–Crippen LogP) is 1.93. The van der Waals surface area contributed by atoms with Gasteiger partial charge >= 0.3 is 6.16 Å². The third kappa shape index (κ3) is 2.43. The average molecular weight is 332 g/mol. The fraction of sp³-hybridized carbons (Fsp3) is 0.214. The number of fused-ring (bicyclic) bond motifs is 3. The van der Waals surface area contributed by atoms with Gasteiger partial charge in [-0.1, -0.05) is 0 Å². The van der Waals surface area contributed by atoms with Crippen LogP contribution < -0.4 is 10.3 Å². The zero-order valence-corrected chi connectivity index (χ0v) is 12.7. The molecule has 0 aliphatic rings. The standard InChI is InChI=1S/C14H12N4O6/c1-3-23-14(20)24-13-7(2)17-10-6-8(18(21)22)4-5-9(10)15-12(19)11(17)16-13/h4-6H,3H2,1-2H3,(H,15,19). The Balaban J connectivity index is 2.28. The quantitative estimate of drug-likeness (QED) is 0.440. The van der Waals surface area contributed by atoms with E-state index in [1.807, 2.05) is 0 Å². The Morgan fingerprint density at radius 2 is 2.21 bits per heavy atom. The lowest BCUT2D eigenvalue weighted by molar-refractivity contribution is -0.384. The molecule has 10 nitrogen and oxygen atoms in total. The lowest BCUT2D eigenvalue weighted by Crippen LogP contribution is -2.11. The van der Waals surface area contributed by atoms with Crippen LogP contribution in [-0.4, -0.2) is 32.1 Å². The van der Waals surface area contributed by atoms with Crippen molar-refractivity contribution in [1.82, 2.24) is 14.4 Å². The van der Waals surface area contributed by atoms with E-state index in [0.29, 0.717) is 16.7 Å². The van der Waals surface area contributed by atoms with Crippen LogP contribution in [-0.2, 0) is 4.74 Å². The second-order valence-corrected chi connectivity index (χ2v) is 4.86. The normalized spacial score (nSPS) is 10.9. The van der Waals surface area contributed by atoms with E-state index in [4.69, 9.17) is 4.74 Å². The van der Waals surface area contributed by atoms with Gasteiger partial charge in [0.05, 0.1) is 28.3 Å². The molecule has 0 fully saturated rings. The van der Waals surface area contributed by atoms with Crippen LogP contribution in [0.3, 0.4) is 0 Å². The van der Waals surface area contributed by atoms with Crippen molar-refractivity contribution in [3.63, 3.8) is 0 Å². The first-order chi connectivity index (χ1) is 11.4. The van der Waals surface area contributed by atoms with Gasteiger partial charge in [0.2, 0.25) is 11.5 Å². The molecule has 0 amide bonds. The maximum Gasteiger partial charge on any atom is 0.515 e. The first kappa shape index (κ1) is 15.5. The number of aryl methyl sites for hydroxylation is 1. The molecule has 0 aliphatic carbocycles. The maximum absolute atomic E-state index is 12.1. The number of ether oxygens (including phenoxy) is 2. The summed E-state index contributed by atoms with van der Waals surface area (Å²) in [5, 5.41) is 11.0. The minimum atomic E-state index is -0.948. The molecule has 124 valence electrons. The smallest absolute Gasteiger partial charge is 0.434 e. The van der Waals surface area contributed by atoms with E-state index in [1.54, 1.807) is 13.8 Å². The molecule has 2 heterocycles. The number of aromatic amines is 1. The summed E-state index contributed by atoms with van der Waals surface area (Å²) < 4.78 is 11.1. The van der Waals surface area contributed by atoms with Crippen LogP contribution in [0, 0.1) is 17.0 Å². The van der Waals surface area contributed by atoms with Crippen molar-refractivity contribution in [2.24, 2.45) is 0 Å². The first-order valence-corrected chi connectivity index (χ1v) is 6.96. The molecular weight excluding hydrogens is 320 g/mol. The van der Waals surface area contributed by atoms with E-state index in [9.17, 15) is 19.7 Å². The molecule has 1 aromatic carbocycles. The van der Waals surface area contributed by atoms with Gasteiger partial charge in [-0.05, 0) is 19.9 Å². The Bertz CT molecular complexity index is 1040. The van der Waals surface area contributed by atoms with Crippen molar-refractivity contribution >= 4 is 28.5 Å². The average Bonchev–Trinajstić information content (AvgIpc) is 2.85. The zero-order chi connectivity index (χ0) is 17.4. The van der Waals surface area contributed by atoms with Crippen molar-refractivity contribution < 1.29 is 19.2 Å². The number of aromatic nitrogens is 3. The number of benzene rings is 1. The molecular formula is C14H12N4O6. The lowest BCUT2D eigenvalue weighted by Gasteiger charge is -2.04. The highest BCUT2D eigenvalue weighted by molar-refractivity contribution is 5.80. The molecule has 3 aromatic rings. The number of nitro groups is 1. The molecule has 0 radical (unpaired) electrons. The van der Waals surface area contributed by atoms with Crippen molar-refractivity contribution in [3.8, 4) is 5.88 Å². The number of rotatable bonds is 3. The van der Waals surface area contributed by atoms with E-state index in [2.05, 4.69) is 14.7 Å². The minimum absolute atomic E-state index is 0.0419. The second kappa shape index (κ2) is 5.65. The van der Waals surface area contributed by atoms with Gasteiger partial charge in [0.15, 0.2) is 0 Å². The van der Waals surface area contributed by atoms with Crippen LogP contribution >= 0.6 is 0 Å². The number of hydrogen-bond acceptors (Lipinski definition) is 7. The lowest BCUT2D eigenvalue weighted by atomic mass is 10.2. The van der Waals surface area contributed by atoms with Gasteiger partial charge < -0.3 is 14.5 Å². The number of carbonyl (C=O) groups excluding carboxylic acids is 1. The third-order valence-electron chi connectivity index (χ3n) is 3.39. The van der Waals surface area contributed by atoms with Crippen molar-refractivity contribution in [2.45, 2.75) is 13.8 Å². The molecule has 0 saturated carbocycles. The first-order valence-electron chi connectivity index (χ1n) is 6.96. The third-order valence-corrected chi connectivity index (χ3v) is 3.39. The van der Waals surface area contributed by atoms with Gasteiger partial charge in [0.25, 0.3) is 11.2 Å². The topological polar surface area (TPSA) is 129 Å². The Labute approximate surface area is 133 Å². The molecule has 0 unspecified atom stereocenters. The van der Waals surface area contributed by atoms with Crippen LogP contribution in [0.1, 0.15) is 12.6 Å². The Kier molecular flexibility index (Phi) is 3.64. The van der Waals surface area contributed by atoms with E-state index >= 15 is 0 Å². The Morgan fingerprint density at radius 3 is 2.88 bits per heavy atom. The van der Waals surface area contributed by atoms with Crippen molar-refractivity contribution in [2.75, 3.05) is 6.61 Å². The fourth-order valence-corrected chi connectivity index (χ4v) is 2.35. The number of hydrogen-bond donors (Lipinski definition) is 1. The predicted molar refractivity (Wildman–Crippen MR) is 82.4 cm³/mol. The number of carbonyl (C=O) groups is 1. The summed E-state index contributed by atoms with van der Waals surface area (Å²) in [5.74, 6) is -0.0991. The number of H-pyrrole nitrogens is 1. The summed E-state index contributed by atoms with van der Waals surface area (Å²) in [6.07, 6.45) is -0.948. The number of nitrogens with zero attached hydrogens (tertiary/aromatic N) is 3. The minimum Gasteiger partial charge on any atom is -0.434 e. The van der Waals surface area contributed by atoms with E-state index in [0.717, 1.165) is 0 Å².